The zero-order valence-corrected chi connectivity index (χ0v) is 21.9. The second-order valence-electron chi connectivity index (χ2n) is 9.72. The number of benzene rings is 2. The predicted molar refractivity (Wildman–Crippen MR) is 146 cm³/mol. The van der Waals surface area contributed by atoms with Crippen LogP contribution in [0.3, 0.4) is 0 Å². The van der Waals surface area contributed by atoms with Crippen LogP contribution in [0.4, 0.5) is 0 Å². The van der Waals surface area contributed by atoms with Crippen LogP contribution in [-0.2, 0) is 21.6 Å². The van der Waals surface area contributed by atoms with Gasteiger partial charge in [-0.1, -0.05) is 18.2 Å². The van der Waals surface area contributed by atoms with Crippen molar-refractivity contribution in [1.29, 1.82) is 0 Å². The van der Waals surface area contributed by atoms with E-state index in [1.165, 1.54) is 6.26 Å². The van der Waals surface area contributed by atoms with Crippen LogP contribution in [0.5, 0.6) is 0 Å². The summed E-state index contributed by atoms with van der Waals surface area (Å²) in [7, 11) is 0.0190. The highest BCUT2D eigenvalue weighted by molar-refractivity contribution is 7.92. The predicted octanol–water partition coefficient (Wildman–Crippen LogP) is 3.33. The molecule has 1 amide bonds. The molecular formula is C28H25N5O4S. The van der Waals surface area contributed by atoms with E-state index in [0.29, 0.717) is 40.8 Å². The van der Waals surface area contributed by atoms with Crippen LogP contribution in [0.2, 0.25) is 0 Å². The highest BCUT2D eigenvalue weighted by Gasteiger charge is 2.53. The van der Waals surface area contributed by atoms with E-state index >= 15 is 0 Å². The largest absolute Gasteiger partial charge is 0.354 e. The number of nitrogens with zero attached hydrogens (tertiary/aromatic N) is 4. The van der Waals surface area contributed by atoms with E-state index in [1.54, 1.807) is 66.0 Å². The van der Waals surface area contributed by atoms with E-state index in [9.17, 15) is 18.0 Å². The van der Waals surface area contributed by atoms with Gasteiger partial charge in [0.05, 0.1) is 33.2 Å². The van der Waals surface area contributed by atoms with Crippen molar-refractivity contribution < 1.29 is 13.2 Å². The van der Waals surface area contributed by atoms with Gasteiger partial charge in [-0.2, -0.15) is 0 Å². The Kier molecular flexibility index (Phi) is 5.29. The third kappa shape index (κ3) is 3.55. The SMILES string of the molecule is CNC(=O)c1cc(-c2ccc3ncc4c(c3c2)n(-c2ccc(C3(S(C)(=O)=O)CC3)cc2)c(=O)n4C)ccn1. The second kappa shape index (κ2) is 8.35. The minimum absolute atomic E-state index is 0.234. The van der Waals surface area contributed by atoms with Gasteiger partial charge >= 0.3 is 5.69 Å². The number of sulfone groups is 1. The van der Waals surface area contributed by atoms with Gasteiger partial charge in [0.2, 0.25) is 0 Å². The normalized spacial score (nSPS) is 14.6. The minimum atomic E-state index is -3.24. The van der Waals surface area contributed by atoms with Gasteiger partial charge in [0, 0.05) is 31.9 Å². The summed E-state index contributed by atoms with van der Waals surface area (Å²) in [6.45, 7) is 0. The summed E-state index contributed by atoms with van der Waals surface area (Å²) in [5.41, 5.74) is 5.19. The van der Waals surface area contributed by atoms with Crippen LogP contribution in [0, 0.1) is 0 Å². The fraction of sp³-hybridized carbons (Fsp3) is 0.214. The van der Waals surface area contributed by atoms with Gasteiger partial charge in [-0.15, -0.1) is 0 Å². The molecule has 1 N–H and O–H groups in total. The average Bonchev–Trinajstić information content (AvgIpc) is 3.71. The van der Waals surface area contributed by atoms with Gasteiger partial charge in [0.1, 0.15) is 5.69 Å². The Hall–Kier alpha value is -4.31. The highest BCUT2D eigenvalue weighted by Crippen LogP contribution is 2.52. The number of fused-ring (bicyclic) bond motifs is 3. The number of carbonyl (C=O) groups excluding carboxylic acids is 1. The van der Waals surface area contributed by atoms with Gasteiger partial charge < -0.3 is 5.32 Å². The van der Waals surface area contributed by atoms with E-state index in [2.05, 4.69) is 15.3 Å². The number of hydrogen-bond acceptors (Lipinski definition) is 6. The number of carbonyl (C=O) groups is 1. The van der Waals surface area contributed by atoms with Gasteiger partial charge in [-0.25, -0.2) is 13.2 Å². The van der Waals surface area contributed by atoms with Gasteiger partial charge in [0.15, 0.2) is 9.84 Å². The average molecular weight is 528 g/mol. The Bertz CT molecular complexity index is 1930. The fourth-order valence-electron chi connectivity index (χ4n) is 5.18. The first-order valence-electron chi connectivity index (χ1n) is 12.1. The zero-order valence-electron chi connectivity index (χ0n) is 21.1. The first-order chi connectivity index (χ1) is 18.1. The molecule has 10 heteroatoms. The molecule has 3 aromatic heterocycles. The number of aromatic nitrogens is 4. The van der Waals surface area contributed by atoms with Crippen molar-refractivity contribution in [3.63, 3.8) is 0 Å². The molecule has 0 bridgehead atoms. The molecule has 0 unspecified atom stereocenters. The molecule has 1 aliphatic carbocycles. The summed E-state index contributed by atoms with van der Waals surface area (Å²) in [6.07, 6.45) is 5.76. The van der Waals surface area contributed by atoms with E-state index in [0.717, 1.165) is 22.1 Å². The van der Waals surface area contributed by atoms with E-state index in [1.807, 2.05) is 24.3 Å². The van der Waals surface area contributed by atoms with Crippen molar-refractivity contribution >= 4 is 37.7 Å². The number of nitrogens with one attached hydrogen (secondary N) is 1. The summed E-state index contributed by atoms with van der Waals surface area (Å²) < 4.78 is 27.1. The molecule has 9 nitrogen and oxygen atoms in total. The maximum absolute atomic E-state index is 13.4. The number of amides is 1. The summed E-state index contributed by atoms with van der Waals surface area (Å²) in [5.74, 6) is -0.277. The standard InChI is InChI=1S/C28H25N5O4S/c1-29-26(34)23-15-18(10-13-30-23)17-4-9-22-21(14-17)25-24(16-31-22)32(2)27(35)33(25)20-7-5-19(6-8-20)28(11-12-28)38(3,36)37/h4-10,13-16H,11-12H2,1-3H3,(H,29,34). The van der Waals surface area contributed by atoms with E-state index in [4.69, 9.17) is 0 Å². The number of rotatable bonds is 5. The maximum Gasteiger partial charge on any atom is 0.333 e. The number of aryl methyl sites for hydroxylation is 1. The van der Waals surface area contributed by atoms with E-state index < -0.39 is 14.6 Å². The van der Waals surface area contributed by atoms with Gasteiger partial charge in [-0.3, -0.25) is 23.9 Å². The van der Waals surface area contributed by atoms with E-state index in [-0.39, 0.29) is 11.6 Å². The lowest BCUT2D eigenvalue weighted by Crippen LogP contribution is -2.21. The van der Waals surface area contributed by atoms with Crippen molar-refractivity contribution in [3.05, 3.63) is 88.7 Å². The van der Waals surface area contributed by atoms with Crippen LogP contribution >= 0.6 is 0 Å². The zero-order chi connectivity index (χ0) is 26.8. The van der Waals surface area contributed by atoms with Crippen molar-refractivity contribution in [3.8, 4) is 16.8 Å². The molecule has 38 heavy (non-hydrogen) atoms. The monoisotopic (exact) mass is 527 g/mol. The summed E-state index contributed by atoms with van der Waals surface area (Å²) in [5, 5.41) is 3.36. The summed E-state index contributed by atoms with van der Waals surface area (Å²) >= 11 is 0. The Morgan fingerprint density at radius 2 is 1.71 bits per heavy atom. The second-order valence-corrected chi connectivity index (χ2v) is 12.0. The quantitative estimate of drug-likeness (QED) is 0.375. The lowest BCUT2D eigenvalue weighted by Gasteiger charge is -2.14. The third-order valence-electron chi connectivity index (χ3n) is 7.50. The first-order valence-corrected chi connectivity index (χ1v) is 14.0. The molecule has 0 spiro atoms. The molecule has 1 aliphatic rings. The smallest absolute Gasteiger partial charge is 0.333 e. The molecule has 1 fully saturated rings. The number of pyridine rings is 2. The Morgan fingerprint density at radius 1 is 1.00 bits per heavy atom. The molecule has 0 saturated heterocycles. The topological polar surface area (TPSA) is 116 Å². The summed E-state index contributed by atoms with van der Waals surface area (Å²) in [4.78, 5) is 34.3. The molecular weight excluding hydrogens is 502 g/mol. The minimum Gasteiger partial charge on any atom is -0.354 e. The third-order valence-corrected chi connectivity index (χ3v) is 9.57. The molecule has 0 atom stereocenters. The fourth-order valence-corrected chi connectivity index (χ4v) is 6.59. The van der Waals surface area contributed by atoms with Crippen LogP contribution < -0.4 is 11.0 Å². The number of hydrogen-bond donors (Lipinski definition) is 1. The maximum atomic E-state index is 13.4. The molecule has 5 aromatic rings. The van der Waals surface area contributed by atoms with Crippen molar-refractivity contribution in [1.82, 2.24) is 24.4 Å². The summed E-state index contributed by atoms with van der Waals surface area (Å²) in [6, 6.07) is 16.5. The van der Waals surface area contributed by atoms with Crippen molar-refractivity contribution in [2.75, 3.05) is 13.3 Å². The van der Waals surface area contributed by atoms with Crippen molar-refractivity contribution in [2.24, 2.45) is 7.05 Å². The molecule has 6 rings (SSSR count). The van der Waals surface area contributed by atoms with Crippen LogP contribution in [0.1, 0.15) is 28.9 Å². The molecule has 1 saturated carbocycles. The number of imidazole rings is 1. The van der Waals surface area contributed by atoms with Crippen LogP contribution in [-0.4, -0.2) is 46.7 Å². The van der Waals surface area contributed by atoms with Crippen molar-refractivity contribution in [2.45, 2.75) is 17.6 Å². The lowest BCUT2D eigenvalue weighted by molar-refractivity contribution is 0.0958. The molecule has 0 aliphatic heterocycles. The molecule has 2 aromatic carbocycles. The van der Waals surface area contributed by atoms with Gasteiger partial charge in [-0.05, 0) is 65.9 Å². The van der Waals surface area contributed by atoms with Crippen LogP contribution in [0.25, 0.3) is 38.8 Å². The van der Waals surface area contributed by atoms with Crippen LogP contribution in [0.15, 0.2) is 71.8 Å². The molecule has 0 radical (unpaired) electrons. The Balaban J connectivity index is 1.54. The lowest BCUT2D eigenvalue weighted by atomic mass is 10.0. The first kappa shape index (κ1) is 24.1. The molecule has 192 valence electrons. The Morgan fingerprint density at radius 3 is 2.37 bits per heavy atom. The molecule has 3 heterocycles. The highest BCUT2D eigenvalue weighted by atomic mass is 32.2. The Labute approximate surface area is 218 Å². The van der Waals surface area contributed by atoms with Gasteiger partial charge in [0.25, 0.3) is 5.91 Å².